The molecule has 0 aliphatic heterocycles. The van der Waals surface area contributed by atoms with Crippen molar-refractivity contribution >= 4 is 23.4 Å². The lowest BCUT2D eigenvalue weighted by atomic mass is 10.1. The number of benzene rings is 2. The minimum absolute atomic E-state index is 0.0124. The monoisotopic (exact) mass is 430 g/mol. The third-order valence-electron chi connectivity index (χ3n) is 4.98. The number of rotatable bonds is 8. The van der Waals surface area contributed by atoms with Crippen molar-refractivity contribution in [3.05, 3.63) is 63.7 Å². The molecule has 0 bridgehead atoms. The second kappa shape index (κ2) is 10.5. The summed E-state index contributed by atoms with van der Waals surface area (Å²) in [6.07, 6.45) is 0. The minimum Gasteiger partial charge on any atom is -0.483 e. The van der Waals surface area contributed by atoms with Crippen molar-refractivity contribution < 1.29 is 14.3 Å². The molecule has 2 rings (SSSR count). The van der Waals surface area contributed by atoms with E-state index < -0.39 is 6.04 Å². The van der Waals surface area contributed by atoms with E-state index in [1.807, 2.05) is 52.8 Å². The summed E-state index contributed by atoms with van der Waals surface area (Å²) in [5.41, 5.74) is 4.08. The van der Waals surface area contributed by atoms with Gasteiger partial charge >= 0.3 is 0 Å². The van der Waals surface area contributed by atoms with Crippen molar-refractivity contribution in [1.82, 2.24) is 10.2 Å². The van der Waals surface area contributed by atoms with E-state index >= 15 is 0 Å². The second-order valence-electron chi connectivity index (χ2n) is 7.98. The third kappa shape index (κ3) is 6.49. The lowest BCUT2D eigenvalue weighted by Crippen LogP contribution is -2.50. The van der Waals surface area contributed by atoms with Crippen LogP contribution in [-0.4, -0.2) is 35.4 Å². The van der Waals surface area contributed by atoms with E-state index in [-0.39, 0.29) is 31.0 Å². The molecule has 1 N–H and O–H groups in total. The lowest BCUT2D eigenvalue weighted by molar-refractivity contribution is -0.142. The first-order valence-corrected chi connectivity index (χ1v) is 10.5. The van der Waals surface area contributed by atoms with Gasteiger partial charge in [0.1, 0.15) is 11.8 Å². The van der Waals surface area contributed by atoms with Gasteiger partial charge in [-0.3, -0.25) is 9.59 Å². The molecular weight excluding hydrogens is 400 g/mol. The molecule has 0 aliphatic carbocycles. The number of nitrogens with one attached hydrogen (secondary N) is 1. The normalized spacial score (nSPS) is 11.9. The van der Waals surface area contributed by atoms with Gasteiger partial charge in [-0.25, -0.2) is 0 Å². The quantitative estimate of drug-likeness (QED) is 0.666. The van der Waals surface area contributed by atoms with Crippen LogP contribution >= 0.6 is 11.6 Å². The average Bonchev–Trinajstić information content (AvgIpc) is 2.67. The Morgan fingerprint density at radius 3 is 2.30 bits per heavy atom. The van der Waals surface area contributed by atoms with Crippen LogP contribution in [0.4, 0.5) is 0 Å². The maximum atomic E-state index is 13.1. The van der Waals surface area contributed by atoms with Gasteiger partial charge in [0.2, 0.25) is 5.91 Å². The van der Waals surface area contributed by atoms with Gasteiger partial charge in [-0.2, -0.15) is 0 Å². The summed E-state index contributed by atoms with van der Waals surface area (Å²) in [7, 11) is 0. The highest BCUT2D eigenvalue weighted by atomic mass is 35.5. The van der Waals surface area contributed by atoms with Crippen LogP contribution in [-0.2, 0) is 16.1 Å². The number of aryl methyl sites for hydroxylation is 2. The van der Waals surface area contributed by atoms with Crippen molar-refractivity contribution in [1.29, 1.82) is 0 Å². The van der Waals surface area contributed by atoms with E-state index in [1.54, 1.807) is 24.0 Å². The van der Waals surface area contributed by atoms with Gasteiger partial charge in [-0.1, -0.05) is 29.8 Å². The second-order valence-corrected chi connectivity index (χ2v) is 8.42. The molecule has 0 saturated carbocycles. The molecule has 6 heteroatoms. The van der Waals surface area contributed by atoms with Crippen LogP contribution < -0.4 is 10.1 Å². The van der Waals surface area contributed by atoms with Gasteiger partial charge in [-0.15, -0.1) is 0 Å². The Morgan fingerprint density at radius 2 is 1.70 bits per heavy atom. The Morgan fingerprint density at radius 1 is 1.07 bits per heavy atom. The Bertz CT molecular complexity index is 894. The topological polar surface area (TPSA) is 58.6 Å². The molecule has 30 heavy (non-hydrogen) atoms. The van der Waals surface area contributed by atoms with Crippen LogP contribution in [0.1, 0.15) is 43.0 Å². The summed E-state index contributed by atoms with van der Waals surface area (Å²) in [4.78, 5) is 27.2. The molecule has 0 saturated heterocycles. The van der Waals surface area contributed by atoms with Crippen LogP contribution in [0, 0.1) is 20.8 Å². The van der Waals surface area contributed by atoms with Crippen molar-refractivity contribution in [2.24, 2.45) is 0 Å². The number of carbonyl (C=O) groups is 2. The van der Waals surface area contributed by atoms with Crippen LogP contribution in [0.3, 0.4) is 0 Å². The van der Waals surface area contributed by atoms with Crippen LogP contribution in [0.15, 0.2) is 36.4 Å². The highest BCUT2D eigenvalue weighted by Crippen LogP contribution is 2.23. The summed E-state index contributed by atoms with van der Waals surface area (Å²) in [6, 6.07) is 10.6. The number of hydrogen-bond donors (Lipinski definition) is 1. The number of amides is 2. The van der Waals surface area contributed by atoms with Crippen molar-refractivity contribution in [2.75, 3.05) is 6.61 Å². The fourth-order valence-electron chi connectivity index (χ4n) is 3.15. The van der Waals surface area contributed by atoms with E-state index in [1.165, 1.54) is 0 Å². The smallest absolute Gasteiger partial charge is 0.261 e. The molecule has 2 amide bonds. The SMILES string of the molecule is Cc1cc(C)c(C)c(OCC(=O)N(Cc2ccc(Cl)cc2)[C@H](C)C(=O)NC(C)C)c1. The molecule has 5 nitrogen and oxygen atoms in total. The third-order valence-corrected chi connectivity index (χ3v) is 5.23. The zero-order valence-corrected chi connectivity index (χ0v) is 19.3. The van der Waals surface area contributed by atoms with E-state index in [2.05, 4.69) is 11.4 Å². The van der Waals surface area contributed by atoms with Gasteiger partial charge in [0.15, 0.2) is 6.61 Å². The zero-order valence-electron chi connectivity index (χ0n) is 18.6. The van der Waals surface area contributed by atoms with Crippen molar-refractivity contribution in [3.63, 3.8) is 0 Å². The summed E-state index contributed by atoms with van der Waals surface area (Å²) in [5, 5.41) is 3.50. The molecule has 0 heterocycles. The van der Waals surface area contributed by atoms with Crippen LogP contribution in [0.5, 0.6) is 5.75 Å². The standard InChI is InChI=1S/C24H31ClN2O3/c1-15(2)26-24(29)19(6)27(13-20-7-9-21(25)10-8-20)23(28)14-30-22-12-16(3)11-17(4)18(22)5/h7-12,15,19H,13-14H2,1-6H3,(H,26,29)/t19-/m1/s1. The predicted octanol–water partition coefficient (Wildman–Crippen LogP) is 4.59. The van der Waals surface area contributed by atoms with Gasteiger partial charge in [0.05, 0.1) is 0 Å². The molecule has 1 atom stereocenters. The highest BCUT2D eigenvalue weighted by Gasteiger charge is 2.27. The summed E-state index contributed by atoms with van der Waals surface area (Å²) in [6.45, 7) is 11.6. The molecule has 162 valence electrons. The number of nitrogens with zero attached hydrogens (tertiary/aromatic N) is 1. The summed E-state index contributed by atoms with van der Waals surface area (Å²) in [5.74, 6) is 0.233. The van der Waals surface area contributed by atoms with Gasteiger partial charge in [0, 0.05) is 17.6 Å². The minimum atomic E-state index is -0.639. The maximum absolute atomic E-state index is 13.1. The number of ether oxygens (including phenoxy) is 1. The Kier molecular flexibility index (Phi) is 8.30. The molecular formula is C24H31ClN2O3. The summed E-state index contributed by atoms with van der Waals surface area (Å²) >= 11 is 5.97. The average molecular weight is 431 g/mol. The van der Waals surface area contributed by atoms with E-state index in [0.29, 0.717) is 10.8 Å². The van der Waals surface area contributed by atoms with Gasteiger partial charge < -0.3 is 15.0 Å². The molecule has 0 unspecified atom stereocenters. The molecule has 2 aromatic rings. The first-order valence-electron chi connectivity index (χ1n) is 10.1. The first-order chi connectivity index (χ1) is 14.1. The van der Waals surface area contributed by atoms with E-state index in [9.17, 15) is 9.59 Å². The van der Waals surface area contributed by atoms with Crippen LogP contribution in [0.25, 0.3) is 0 Å². The van der Waals surface area contributed by atoms with E-state index in [4.69, 9.17) is 16.3 Å². The molecule has 0 fully saturated rings. The van der Waals surface area contributed by atoms with Crippen LogP contribution in [0.2, 0.25) is 5.02 Å². The highest BCUT2D eigenvalue weighted by molar-refractivity contribution is 6.30. The van der Waals surface area contributed by atoms with Crippen molar-refractivity contribution in [3.8, 4) is 5.75 Å². The van der Waals surface area contributed by atoms with Gasteiger partial charge in [-0.05, 0) is 82.0 Å². The van der Waals surface area contributed by atoms with E-state index in [0.717, 1.165) is 22.3 Å². The molecule has 0 spiro atoms. The Hall–Kier alpha value is -2.53. The molecule has 2 aromatic carbocycles. The molecule has 0 aliphatic rings. The zero-order chi connectivity index (χ0) is 22.4. The largest absolute Gasteiger partial charge is 0.483 e. The number of halogens is 1. The number of carbonyl (C=O) groups excluding carboxylic acids is 2. The number of hydrogen-bond acceptors (Lipinski definition) is 3. The predicted molar refractivity (Wildman–Crippen MR) is 121 cm³/mol. The molecule has 0 radical (unpaired) electrons. The first kappa shape index (κ1) is 23.7. The lowest BCUT2D eigenvalue weighted by Gasteiger charge is -2.29. The van der Waals surface area contributed by atoms with Crippen molar-refractivity contribution in [2.45, 2.75) is 60.2 Å². The summed E-state index contributed by atoms with van der Waals surface area (Å²) < 4.78 is 5.87. The Labute approximate surface area is 184 Å². The maximum Gasteiger partial charge on any atom is 0.261 e. The fraction of sp³-hybridized carbons (Fsp3) is 0.417. The Balaban J connectivity index is 2.20. The fourth-order valence-corrected chi connectivity index (χ4v) is 3.27. The molecule has 0 aromatic heterocycles. The van der Waals surface area contributed by atoms with Gasteiger partial charge in [0.25, 0.3) is 5.91 Å².